The van der Waals surface area contributed by atoms with Gasteiger partial charge in [-0.1, -0.05) is 19.4 Å². The van der Waals surface area contributed by atoms with Crippen molar-refractivity contribution in [2.24, 2.45) is 4.99 Å². The van der Waals surface area contributed by atoms with Crippen molar-refractivity contribution in [1.29, 1.82) is 0 Å². The highest BCUT2D eigenvalue weighted by Gasteiger charge is 2.13. The standard InChI is InChI=1S/C15H28N4O3S2.HI/c1-3-4-11-22-12-6-8-17-15(16-2)18-9-10-19-24(20,21)14-7-5-13-23-14;/h5,7,13,19H,3-4,6,8-12H2,1-2H3,(H2,16,17,18);1H. The van der Waals surface area contributed by atoms with Crippen molar-refractivity contribution < 1.29 is 13.2 Å². The fourth-order valence-corrected chi connectivity index (χ4v) is 3.87. The van der Waals surface area contributed by atoms with Crippen molar-refractivity contribution in [3.63, 3.8) is 0 Å². The third-order valence-corrected chi connectivity index (χ3v) is 5.95. The van der Waals surface area contributed by atoms with Gasteiger partial charge in [-0.15, -0.1) is 35.3 Å². The lowest BCUT2D eigenvalue weighted by Crippen LogP contribution is -2.41. The van der Waals surface area contributed by atoms with Gasteiger partial charge >= 0.3 is 0 Å². The average Bonchev–Trinajstić information content (AvgIpc) is 3.11. The molecular weight excluding hydrogens is 475 g/mol. The van der Waals surface area contributed by atoms with Crippen LogP contribution >= 0.6 is 35.3 Å². The van der Waals surface area contributed by atoms with E-state index < -0.39 is 10.0 Å². The van der Waals surface area contributed by atoms with Crippen molar-refractivity contribution in [2.45, 2.75) is 30.4 Å². The van der Waals surface area contributed by atoms with Gasteiger partial charge in [0, 0.05) is 39.9 Å². The van der Waals surface area contributed by atoms with Gasteiger partial charge in [0.25, 0.3) is 0 Å². The lowest BCUT2D eigenvalue weighted by molar-refractivity contribution is 0.129. The number of rotatable bonds is 12. The molecule has 1 rings (SSSR count). The maximum absolute atomic E-state index is 11.9. The zero-order valence-corrected chi connectivity index (χ0v) is 18.7. The Kier molecular flexibility index (Phi) is 14.5. The normalized spacial score (nSPS) is 11.8. The number of ether oxygens (including phenoxy) is 1. The van der Waals surface area contributed by atoms with E-state index in [2.05, 4.69) is 27.3 Å². The average molecular weight is 504 g/mol. The SMILES string of the molecule is CCCCOCCCNC(=NC)NCCNS(=O)(=O)c1cccs1.I. The lowest BCUT2D eigenvalue weighted by atomic mass is 10.4. The van der Waals surface area contributed by atoms with Crippen LogP contribution < -0.4 is 15.4 Å². The first-order chi connectivity index (χ1) is 11.6. The van der Waals surface area contributed by atoms with Crippen LogP contribution in [0.5, 0.6) is 0 Å². The summed E-state index contributed by atoms with van der Waals surface area (Å²) in [6, 6.07) is 3.30. The van der Waals surface area contributed by atoms with Crippen LogP contribution in [-0.2, 0) is 14.8 Å². The molecule has 1 heterocycles. The molecule has 0 aliphatic carbocycles. The number of unbranched alkanes of at least 4 members (excludes halogenated alkanes) is 1. The van der Waals surface area contributed by atoms with Gasteiger partial charge in [-0.2, -0.15) is 0 Å². The molecule has 0 atom stereocenters. The molecule has 10 heteroatoms. The minimum atomic E-state index is -3.40. The number of guanidine groups is 1. The highest BCUT2D eigenvalue weighted by atomic mass is 127. The van der Waals surface area contributed by atoms with Crippen LogP contribution in [0.15, 0.2) is 26.7 Å². The first kappa shape index (κ1) is 24.6. The molecule has 0 aliphatic rings. The van der Waals surface area contributed by atoms with E-state index in [0.717, 1.165) is 39.0 Å². The molecule has 25 heavy (non-hydrogen) atoms. The Morgan fingerprint density at radius 2 is 1.92 bits per heavy atom. The summed E-state index contributed by atoms with van der Waals surface area (Å²) in [6.07, 6.45) is 3.14. The fourth-order valence-electron chi connectivity index (χ4n) is 1.80. The second-order valence-corrected chi connectivity index (χ2v) is 8.02. The monoisotopic (exact) mass is 504 g/mol. The summed E-state index contributed by atoms with van der Waals surface area (Å²) in [6.45, 7) is 5.19. The quantitative estimate of drug-likeness (QED) is 0.175. The first-order valence-corrected chi connectivity index (χ1v) is 10.5. The molecule has 0 saturated carbocycles. The Morgan fingerprint density at radius 1 is 1.20 bits per heavy atom. The number of nitrogens with one attached hydrogen (secondary N) is 3. The van der Waals surface area contributed by atoms with Crippen LogP contribution in [0.2, 0.25) is 0 Å². The molecule has 0 saturated heterocycles. The fraction of sp³-hybridized carbons (Fsp3) is 0.667. The van der Waals surface area contributed by atoms with Crippen molar-refractivity contribution in [3.05, 3.63) is 17.5 Å². The number of thiophene rings is 1. The van der Waals surface area contributed by atoms with E-state index >= 15 is 0 Å². The molecule has 0 aromatic carbocycles. The van der Waals surface area contributed by atoms with E-state index in [-0.39, 0.29) is 24.0 Å². The van der Waals surface area contributed by atoms with E-state index in [1.807, 2.05) is 0 Å². The molecule has 0 spiro atoms. The number of nitrogens with zero attached hydrogens (tertiary/aromatic N) is 1. The molecule has 0 unspecified atom stereocenters. The van der Waals surface area contributed by atoms with Gasteiger partial charge in [0.2, 0.25) is 10.0 Å². The molecule has 0 bridgehead atoms. The molecule has 0 aliphatic heterocycles. The zero-order valence-electron chi connectivity index (χ0n) is 14.8. The Hall–Kier alpha value is -0.430. The van der Waals surface area contributed by atoms with E-state index in [1.165, 1.54) is 11.3 Å². The first-order valence-electron chi connectivity index (χ1n) is 8.15. The second-order valence-electron chi connectivity index (χ2n) is 5.08. The number of aliphatic imine (C=N–C) groups is 1. The predicted octanol–water partition coefficient (Wildman–Crippen LogP) is 2.02. The molecule has 0 fully saturated rings. The van der Waals surface area contributed by atoms with Gasteiger partial charge in [-0.05, 0) is 24.3 Å². The Morgan fingerprint density at radius 3 is 2.56 bits per heavy atom. The summed E-state index contributed by atoms with van der Waals surface area (Å²) in [5.41, 5.74) is 0. The van der Waals surface area contributed by atoms with Gasteiger partial charge in [0.1, 0.15) is 4.21 Å². The molecular formula is C15H29IN4O3S2. The van der Waals surface area contributed by atoms with Crippen LogP contribution in [0.25, 0.3) is 0 Å². The predicted molar refractivity (Wildman–Crippen MR) is 115 cm³/mol. The summed E-state index contributed by atoms with van der Waals surface area (Å²) in [5.74, 6) is 0.652. The van der Waals surface area contributed by atoms with Crippen molar-refractivity contribution in [3.8, 4) is 0 Å². The van der Waals surface area contributed by atoms with Crippen LogP contribution in [0.4, 0.5) is 0 Å². The highest BCUT2D eigenvalue weighted by molar-refractivity contribution is 14.0. The van der Waals surface area contributed by atoms with Crippen LogP contribution in [0.3, 0.4) is 0 Å². The van der Waals surface area contributed by atoms with Crippen molar-refractivity contribution >= 4 is 51.3 Å². The molecule has 0 amide bonds. The number of hydrogen-bond acceptors (Lipinski definition) is 5. The number of halogens is 1. The summed E-state index contributed by atoms with van der Waals surface area (Å²) < 4.78 is 32.2. The summed E-state index contributed by atoms with van der Waals surface area (Å²) in [4.78, 5) is 4.10. The molecule has 0 radical (unpaired) electrons. The summed E-state index contributed by atoms with van der Waals surface area (Å²) in [7, 11) is -1.72. The minimum Gasteiger partial charge on any atom is -0.381 e. The van der Waals surface area contributed by atoms with Gasteiger partial charge in [-0.3, -0.25) is 4.99 Å². The Bertz CT molecular complexity index is 565. The third kappa shape index (κ3) is 11.0. The molecule has 1 aromatic rings. The summed E-state index contributed by atoms with van der Waals surface area (Å²) in [5, 5.41) is 7.98. The van der Waals surface area contributed by atoms with Crippen LogP contribution in [0.1, 0.15) is 26.2 Å². The molecule has 7 nitrogen and oxygen atoms in total. The van der Waals surface area contributed by atoms with Crippen molar-refractivity contribution in [1.82, 2.24) is 15.4 Å². The smallest absolute Gasteiger partial charge is 0.250 e. The molecule has 1 aromatic heterocycles. The highest BCUT2D eigenvalue weighted by Crippen LogP contribution is 2.14. The van der Waals surface area contributed by atoms with Gasteiger partial charge in [0.05, 0.1) is 0 Å². The Balaban J connectivity index is 0.00000576. The molecule has 146 valence electrons. The van der Waals surface area contributed by atoms with Crippen LogP contribution in [-0.4, -0.2) is 54.3 Å². The van der Waals surface area contributed by atoms with Gasteiger partial charge < -0.3 is 15.4 Å². The maximum atomic E-state index is 11.9. The Labute approximate surface area is 172 Å². The minimum absolute atomic E-state index is 0. The van der Waals surface area contributed by atoms with E-state index in [4.69, 9.17) is 4.74 Å². The number of sulfonamides is 1. The topological polar surface area (TPSA) is 91.8 Å². The van der Waals surface area contributed by atoms with E-state index in [0.29, 0.717) is 23.3 Å². The maximum Gasteiger partial charge on any atom is 0.250 e. The van der Waals surface area contributed by atoms with Crippen LogP contribution in [0, 0.1) is 0 Å². The third-order valence-electron chi connectivity index (χ3n) is 3.09. The second kappa shape index (κ2) is 14.7. The van der Waals surface area contributed by atoms with Gasteiger partial charge in [0.15, 0.2) is 5.96 Å². The van der Waals surface area contributed by atoms with Gasteiger partial charge in [-0.25, -0.2) is 13.1 Å². The zero-order chi connectivity index (χ0) is 17.7. The lowest BCUT2D eigenvalue weighted by Gasteiger charge is -2.12. The number of hydrogen-bond donors (Lipinski definition) is 3. The van der Waals surface area contributed by atoms with E-state index in [1.54, 1.807) is 24.6 Å². The van der Waals surface area contributed by atoms with Crippen molar-refractivity contribution in [2.75, 3.05) is 39.9 Å². The molecule has 3 N–H and O–H groups in total. The summed E-state index contributed by atoms with van der Waals surface area (Å²) >= 11 is 1.20. The van der Waals surface area contributed by atoms with E-state index in [9.17, 15) is 8.42 Å². The largest absolute Gasteiger partial charge is 0.381 e.